The van der Waals surface area contributed by atoms with Crippen molar-refractivity contribution in [3.05, 3.63) is 29.8 Å². The summed E-state index contributed by atoms with van der Waals surface area (Å²) in [5, 5.41) is 0. The van der Waals surface area contributed by atoms with E-state index in [1.54, 1.807) is 6.07 Å². The van der Waals surface area contributed by atoms with Crippen LogP contribution < -0.4 is 4.74 Å². The summed E-state index contributed by atoms with van der Waals surface area (Å²) in [6.07, 6.45) is 9.20. The number of hydrogen-bond donors (Lipinski definition) is 0. The molecule has 3 heteroatoms. The Bertz CT molecular complexity index is 415. The second kappa shape index (κ2) is 11.1. The summed E-state index contributed by atoms with van der Waals surface area (Å²) in [4.78, 5) is 21.5. The van der Waals surface area contributed by atoms with Crippen molar-refractivity contribution in [2.24, 2.45) is 5.92 Å². The predicted octanol–water partition coefficient (Wildman–Crippen LogP) is 4.44. The molecule has 0 saturated carbocycles. The quantitative estimate of drug-likeness (QED) is 0.422. The number of carbonyl (C=O) groups excluding carboxylic acids is 2. The second-order valence-corrected chi connectivity index (χ2v) is 5.43. The van der Waals surface area contributed by atoms with Gasteiger partial charge in [0.25, 0.3) is 0 Å². The van der Waals surface area contributed by atoms with Gasteiger partial charge in [0.1, 0.15) is 12.0 Å². The van der Waals surface area contributed by atoms with E-state index in [-0.39, 0.29) is 0 Å². The first kappa shape index (κ1) is 17.4. The van der Waals surface area contributed by atoms with E-state index < -0.39 is 0 Å². The van der Waals surface area contributed by atoms with Crippen molar-refractivity contribution in [2.45, 2.75) is 51.9 Å². The predicted molar refractivity (Wildman–Crippen MR) is 84.9 cm³/mol. The van der Waals surface area contributed by atoms with E-state index in [1.165, 1.54) is 25.7 Å². The minimum Gasteiger partial charge on any atom is -0.493 e. The van der Waals surface area contributed by atoms with E-state index in [0.717, 1.165) is 25.4 Å². The molecule has 0 aliphatic rings. The molecule has 1 aromatic rings. The highest BCUT2D eigenvalue weighted by molar-refractivity contribution is 5.79. The summed E-state index contributed by atoms with van der Waals surface area (Å²) < 4.78 is 5.80. The van der Waals surface area contributed by atoms with E-state index in [0.29, 0.717) is 30.3 Å². The first-order valence-electron chi connectivity index (χ1n) is 7.92. The molecule has 0 radical (unpaired) electrons. The molecule has 0 aliphatic heterocycles. The zero-order valence-corrected chi connectivity index (χ0v) is 12.9. The molecular formula is C18H26O3. The molecule has 3 nitrogen and oxygen atoms in total. The minimum atomic E-state index is 0.381. The van der Waals surface area contributed by atoms with Gasteiger partial charge in [0.05, 0.1) is 12.2 Å². The summed E-state index contributed by atoms with van der Waals surface area (Å²) >= 11 is 0. The van der Waals surface area contributed by atoms with Gasteiger partial charge in [-0.05, 0) is 30.9 Å². The molecule has 0 spiro atoms. The Balaban J connectivity index is 2.47. The minimum absolute atomic E-state index is 0.381. The average Bonchev–Trinajstić information content (AvgIpc) is 2.53. The lowest BCUT2D eigenvalue weighted by Crippen LogP contribution is -2.13. The van der Waals surface area contributed by atoms with Crippen LogP contribution in [0.3, 0.4) is 0 Å². The van der Waals surface area contributed by atoms with Crippen molar-refractivity contribution in [3.8, 4) is 5.75 Å². The van der Waals surface area contributed by atoms with Gasteiger partial charge in [-0.25, -0.2) is 0 Å². The number of hydrogen-bond acceptors (Lipinski definition) is 3. The third-order valence-electron chi connectivity index (χ3n) is 3.68. The number of para-hydroxylation sites is 1. The van der Waals surface area contributed by atoms with Crippen molar-refractivity contribution in [3.63, 3.8) is 0 Å². The van der Waals surface area contributed by atoms with E-state index in [2.05, 4.69) is 6.92 Å². The molecule has 0 N–H and O–H groups in total. The maximum absolute atomic E-state index is 11.0. The maximum atomic E-state index is 11.0. The normalized spacial score (nSPS) is 11.9. The van der Waals surface area contributed by atoms with Gasteiger partial charge in [-0.15, -0.1) is 0 Å². The molecule has 0 fully saturated rings. The number of unbranched alkanes of at least 4 members (excludes halogenated alkanes) is 3. The summed E-state index contributed by atoms with van der Waals surface area (Å²) in [7, 11) is 0. The van der Waals surface area contributed by atoms with Crippen LogP contribution in [0.2, 0.25) is 0 Å². The lowest BCUT2D eigenvalue weighted by molar-refractivity contribution is -0.108. The number of aldehydes is 2. The largest absolute Gasteiger partial charge is 0.493 e. The number of ether oxygens (including phenoxy) is 1. The highest BCUT2D eigenvalue weighted by Crippen LogP contribution is 2.20. The van der Waals surface area contributed by atoms with Crippen molar-refractivity contribution < 1.29 is 14.3 Å². The topological polar surface area (TPSA) is 43.4 Å². The van der Waals surface area contributed by atoms with Gasteiger partial charge >= 0.3 is 0 Å². The summed E-state index contributed by atoms with van der Waals surface area (Å²) in [5.74, 6) is 1.02. The van der Waals surface area contributed by atoms with Crippen LogP contribution in [-0.4, -0.2) is 19.2 Å². The van der Waals surface area contributed by atoms with Crippen LogP contribution in [0.4, 0.5) is 0 Å². The number of benzene rings is 1. The number of carbonyl (C=O) groups is 2. The maximum Gasteiger partial charge on any atom is 0.153 e. The van der Waals surface area contributed by atoms with Gasteiger partial charge in [0.15, 0.2) is 6.29 Å². The van der Waals surface area contributed by atoms with Crippen LogP contribution in [0, 0.1) is 5.92 Å². The smallest absolute Gasteiger partial charge is 0.153 e. The summed E-state index contributed by atoms with van der Waals surface area (Å²) in [6, 6.07) is 7.26. The molecule has 1 atom stereocenters. The van der Waals surface area contributed by atoms with Crippen LogP contribution in [-0.2, 0) is 4.79 Å². The van der Waals surface area contributed by atoms with Crippen molar-refractivity contribution in [1.29, 1.82) is 0 Å². The third-order valence-corrected chi connectivity index (χ3v) is 3.68. The Morgan fingerprint density at radius 1 is 1.10 bits per heavy atom. The highest BCUT2D eigenvalue weighted by atomic mass is 16.5. The van der Waals surface area contributed by atoms with Gasteiger partial charge in [0, 0.05) is 6.42 Å². The zero-order chi connectivity index (χ0) is 15.3. The molecule has 0 aliphatic carbocycles. The van der Waals surface area contributed by atoms with Crippen molar-refractivity contribution >= 4 is 12.6 Å². The fourth-order valence-corrected chi connectivity index (χ4v) is 2.39. The lowest BCUT2D eigenvalue weighted by atomic mass is 9.97. The SMILES string of the molecule is CCCCCCC(CCC=O)COc1ccccc1C=O. The second-order valence-electron chi connectivity index (χ2n) is 5.43. The molecule has 1 rings (SSSR count). The molecule has 116 valence electrons. The number of rotatable bonds is 12. The molecule has 0 amide bonds. The van der Waals surface area contributed by atoms with E-state index >= 15 is 0 Å². The zero-order valence-electron chi connectivity index (χ0n) is 12.9. The Morgan fingerprint density at radius 2 is 1.90 bits per heavy atom. The molecule has 21 heavy (non-hydrogen) atoms. The first-order chi connectivity index (χ1) is 10.3. The molecule has 0 aromatic heterocycles. The standard InChI is InChI=1S/C18H26O3/c1-2-3-4-5-9-16(10-8-13-19)15-21-18-12-7-6-11-17(18)14-20/h6-7,11-14,16H,2-5,8-10,15H2,1H3. The van der Waals surface area contributed by atoms with Crippen molar-refractivity contribution in [1.82, 2.24) is 0 Å². The van der Waals surface area contributed by atoms with Crippen LogP contribution in [0.15, 0.2) is 24.3 Å². The van der Waals surface area contributed by atoms with E-state index in [4.69, 9.17) is 4.74 Å². The van der Waals surface area contributed by atoms with E-state index in [9.17, 15) is 9.59 Å². The van der Waals surface area contributed by atoms with Crippen molar-refractivity contribution in [2.75, 3.05) is 6.61 Å². The highest BCUT2D eigenvalue weighted by Gasteiger charge is 2.11. The van der Waals surface area contributed by atoms with E-state index in [1.807, 2.05) is 18.2 Å². The summed E-state index contributed by atoms with van der Waals surface area (Å²) in [5.41, 5.74) is 0.581. The summed E-state index contributed by atoms with van der Waals surface area (Å²) in [6.45, 7) is 2.77. The van der Waals surface area contributed by atoms with Gasteiger partial charge in [-0.2, -0.15) is 0 Å². The molecular weight excluding hydrogens is 264 g/mol. The Hall–Kier alpha value is -1.64. The van der Waals surface area contributed by atoms with Gasteiger partial charge < -0.3 is 9.53 Å². The van der Waals surface area contributed by atoms with Gasteiger partial charge in [-0.3, -0.25) is 4.79 Å². The molecule has 1 unspecified atom stereocenters. The Labute approximate surface area is 127 Å². The van der Waals surface area contributed by atoms with Gasteiger partial charge in [-0.1, -0.05) is 44.7 Å². The molecule has 1 aromatic carbocycles. The van der Waals surface area contributed by atoms with Crippen LogP contribution in [0.1, 0.15) is 62.2 Å². The third kappa shape index (κ3) is 7.07. The molecule has 0 bridgehead atoms. The fourth-order valence-electron chi connectivity index (χ4n) is 2.39. The average molecular weight is 290 g/mol. The van der Waals surface area contributed by atoms with Crippen LogP contribution in [0.25, 0.3) is 0 Å². The Kier molecular flexibility index (Phi) is 9.18. The molecule has 0 heterocycles. The fraction of sp³-hybridized carbons (Fsp3) is 0.556. The van der Waals surface area contributed by atoms with Gasteiger partial charge in [0.2, 0.25) is 0 Å². The van der Waals surface area contributed by atoms with Crippen LogP contribution in [0.5, 0.6) is 5.75 Å². The first-order valence-corrected chi connectivity index (χ1v) is 7.92. The Morgan fingerprint density at radius 3 is 2.62 bits per heavy atom. The van der Waals surface area contributed by atoms with Crippen LogP contribution >= 0.6 is 0 Å². The monoisotopic (exact) mass is 290 g/mol. The molecule has 0 saturated heterocycles. The lowest BCUT2D eigenvalue weighted by Gasteiger charge is -2.17.